The Morgan fingerprint density at radius 3 is 2.39 bits per heavy atom. The Morgan fingerprint density at radius 1 is 0.970 bits per heavy atom. The van der Waals surface area contributed by atoms with E-state index in [4.69, 9.17) is 0 Å². The first-order valence-electron chi connectivity index (χ1n) is 11.8. The number of thioether (sulfide) groups is 1. The Bertz CT molecular complexity index is 1040. The summed E-state index contributed by atoms with van der Waals surface area (Å²) >= 11 is 1.82. The van der Waals surface area contributed by atoms with Crippen molar-refractivity contribution in [2.24, 2.45) is 0 Å². The molecular formula is C27H32N4OS. The number of carbonyl (C=O) groups is 1. The summed E-state index contributed by atoms with van der Waals surface area (Å²) in [6.07, 6.45) is 5.37. The molecule has 0 unspecified atom stereocenters. The largest absolute Gasteiger partial charge is 0.355 e. The van der Waals surface area contributed by atoms with E-state index in [0.29, 0.717) is 11.7 Å². The lowest BCUT2D eigenvalue weighted by Gasteiger charge is -2.20. The van der Waals surface area contributed by atoms with E-state index in [1.54, 1.807) is 0 Å². The maximum absolute atomic E-state index is 12.6. The lowest BCUT2D eigenvalue weighted by Crippen LogP contribution is -2.25. The predicted molar refractivity (Wildman–Crippen MR) is 138 cm³/mol. The van der Waals surface area contributed by atoms with Crippen molar-refractivity contribution >= 4 is 29.2 Å². The zero-order valence-corrected chi connectivity index (χ0v) is 20.3. The number of aromatic nitrogens is 2. The van der Waals surface area contributed by atoms with Crippen LogP contribution in [0.4, 0.5) is 11.5 Å². The molecule has 3 aromatic rings. The normalized spacial score (nSPS) is 14.2. The fourth-order valence-corrected chi connectivity index (χ4v) is 4.89. The number of benzene rings is 2. The van der Waals surface area contributed by atoms with Crippen LogP contribution in [-0.4, -0.2) is 34.4 Å². The van der Waals surface area contributed by atoms with Gasteiger partial charge in [0.15, 0.2) is 5.82 Å². The molecule has 1 aliphatic heterocycles. The van der Waals surface area contributed by atoms with Crippen molar-refractivity contribution in [3.63, 3.8) is 0 Å². The zero-order valence-electron chi connectivity index (χ0n) is 19.5. The minimum absolute atomic E-state index is 0.0287. The lowest BCUT2D eigenvalue weighted by atomic mass is 10.1. The van der Waals surface area contributed by atoms with E-state index in [1.165, 1.54) is 30.6 Å². The molecule has 1 aromatic heterocycles. The van der Waals surface area contributed by atoms with E-state index in [-0.39, 0.29) is 5.91 Å². The third kappa shape index (κ3) is 6.81. The topological polar surface area (TPSA) is 58.1 Å². The molecule has 0 aliphatic carbocycles. The van der Waals surface area contributed by atoms with Gasteiger partial charge in [-0.15, -0.1) is 22.0 Å². The summed E-state index contributed by atoms with van der Waals surface area (Å²) in [7, 11) is 0. The van der Waals surface area contributed by atoms with Crippen molar-refractivity contribution < 1.29 is 4.79 Å². The summed E-state index contributed by atoms with van der Waals surface area (Å²) in [5.74, 6) is 0.918. The molecule has 6 heteroatoms. The van der Waals surface area contributed by atoms with E-state index >= 15 is 0 Å². The van der Waals surface area contributed by atoms with Crippen molar-refractivity contribution in [2.45, 2.75) is 56.1 Å². The number of amides is 1. The molecule has 4 rings (SSSR count). The fourth-order valence-electron chi connectivity index (χ4n) is 4.05. The molecule has 172 valence electrons. The molecule has 2 heterocycles. The summed E-state index contributed by atoms with van der Waals surface area (Å²) in [5.41, 5.74) is 3.52. The smallest absolute Gasteiger partial charge is 0.228 e. The van der Waals surface area contributed by atoms with E-state index in [9.17, 15) is 4.79 Å². The molecule has 33 heavy (non-hydrogen) atoms. The summed E-state index contributed by atoms with van der Waals surface area (Å²) in [6.45, 7) is 6.45. The number of nitrogens with one attached hydrogen (secondary N) is 1. The summed E-state index contributed by atoms with van der Waals surface area (Å²) in [4.78, 5) is 16.1. The highest BCUT2D eigenvalue weighted by molar-refractivity contribution is 7.99. The maximum Gasteiger partial charge on any atom is 0.228 e. The van der Waals surface area contributed by atoms with E-state index in [2.05, 4.69) is 52.5 Å². The Balaban J connectivity index is 1.37. The Morgan fingerprint density at radius 2 is 1.73 bits per heavy atom. The standard InChI is InChI=1S/C27H32N4OS/c1-20(2)33-24-12-10-21(11-13-24)18-27(32)28-23-9-7-8-22(19-23)25-14-15-26(30-29-25)31-16-5-3-4-6-17-31/h7-15,19-20H,3-6,16-18H2,1-2H3,(H,28,32). The van der Waals surface area contributed by atoms with Gasteiger partial charge in [-0.3, -0.25) is 4.79 Å². The quantitative estimate of drug-likeness (QED) is 0.425. The van der Waals surface area contributed by atoms with Gasteiger partial charge < -0.3 is 10.2 Å². The molecule has 1 saturated heterocycles. The van der Waals surface area contributed by atoms with Gasteiger partial charge in [-0.1, -0.05) is 51.0 Å². The Kier molecular flexibility index (Phi) is 8.00. The lowest BCUT2D eigenvalue weighted by molar-refractivity contribution is -0.115. The van der Waals surface area contributed by atoms with Crippen LogP contribution in [0.15, 0.2) is 65.6 Å². The van der Waals surface area contributed by atoms with Crippen LogP contribution < -0.4 is 10.2 Å². The number of anilines is 2. The SMILES string of the molecule is CC(C)Sc1ccc(CC(=O)Nc2cccc(-c3ccc(N4CCCCCC4)nn3)c2)cc1. The number of hydrogen-bond donors (Lipinski definition) is 1. The fraction of sp³-hybridized carbons (Fsp3) is 0.370. The molecular weight excluding hydrogens is 428 g/mol. The monoisotopic (exact) mass is 460 g/mol. The number of rotatable bonds is 7. The Hall–Kier alpha value is -2.86. The summed E-state index contributed by atoms with van der Waals surface area (Å²) in [6, 6.07) is 20.1. The van der Waals surface area contributed by atoms with Crippen LogP contribution in [-0.2, 0) is 11.2 Å². The van der Waals surface area contributed by atoms with Crippen LogP contribution in [0, 0.1) is 0 Å². The van der Waals surface area contributed by atoms with Gasteiger partial charge in [0.05, 0.1) is 12.1 Å². The molecule has 2 aromatic carbocycles. The van der Waals surface area contributed by atoms with Crippen LogP contribution >= 0.6 is 11.8 Å². The molecule has 0 atom stereocenters. The Labute approximate surface area is 201 Å². The summed E-state index contributed by atoms with van der Waals surface area (Å²) in [5, 5.41) is 12.5. The molecule has 1 amide bonds. The summed E-state index contributed by atoms with van der Waals surface area (Å²) < 4.78 is 0. The molecule has 1 aliphatic rings. The second-order valence-corrected chi connectivity index (χ2v) is 10.4. The zero-order chi connectivity index (χ0) is 23.0. The molecule has 0 radical (unpaired) electrons. The second-order valence-electron chi connectivity index (χ2n) is 8.79. The van der Waals surface area contributed by atoms with Gasteiger partial charge in [0.1, 0.15) is 0 Å². The van der Waals surface area contributed by atoms with Gasteiger partial charge in [0.2, 0.25) is 5.91 Å². The molecule has 0 spiro atoms. The van der Waals surface area contributed by atoms with Gasteiger partial charge in [-0.05, 0) is 54.8 Å². The average molecular weight is 461 g/mol. The minimum Gasteiger partial charge on any atom is -0.355 e. The molecule has 5 nitrogen and oxygen atoms in total. The van der Waals surface area contributed by atoms with Crippen LogP contribution in [0.2, 0.25) is 0 Å². The second kappa shape index (κ2) is 11.3. The van der Waals surface area contributed by atoms with E-state index < -0.39 is 0 Å². The highest BCUT2D eigenvalue weighted by Crippen LogP contribution is 2.24. The van der Waals surface area contributed by atoms with Gasteiger partial charge in [-0.25, -0.2) is 0 Å². The van der Waals surface area contributed by atoms with Crippen LogP contribution in [0.5, 0.6) is 0 Å². The highest BCUT2D eigenvalue weighted by atomic mass is 32.2. The number of nitrogens with zero attached hydrogens (tertiary/aromatic N) is 3. The van der Waals surface area contributed by atoms with Gasteiger partial charge in [0.25, 0.3) is 0 Å². The van der Waals surface area contributed by atoms with Crippen LogP contribution in [0.3, 0.4) is 0 Å². The third-order valence-corrected chi connectivity index (χ3v) is 6.70. The molecule has 1 fully saturated rings. The van der Waals surface area contributed by atoms with Crippen molar-refractivity contribution in [3.05, 3.63) is 66.2 Å². The first kappa shape index (κ1) is 23.3. The van der Waals surface area contributed by atoms with Crippen LogP contribution in [0.1, 0.15) is 45.1 Å². The van der Waals surface area contributed by atoms with Crippen LogP contribution in [0.25, 0.3) is 11.3 Å². The van der Waals surface area contributed by atoms with E-state index in [1.807, 2.05) is 54.2 Å². The van der Waals surface area contributed by atoms with E-state index in [0.717, 1.165) is 41.4 Å². The number of hydrogen-bond acceptors (Lipinski definition) is 5. The first-order chi connectivity index (χ1) is 16.1. The molecule has 0 bridgehead atoms. The van der Waals surface area contributed by atoms with Gasteiger partial charge in [-0.2, -0.15) is 0 Å². The van der Waals surface area contributed by atoms with Gasteiger partial charge in [0, 0.05) is 34.5 Å². The first-order valence-corrected chi connectivity index (χ1v) is 12.7. The van der Waals surface area contributed by atoms with Crippen molar-refractivity contribution in [3.8, 4) is 11.3 Å². The van der Waals surface area contributed by atoms with Crippen molar-refractivity contribution in [1.82, 2.24) is 10.2 Å². The highest BCUT2D eigenvalue weighted by Gasteiger charge is 2.12. The van der Waals surface area contributed by atoms with Crippen molar-refractivity contribution in [2.75, 3.05) is 23.3 Å². The maximum atomic E-state index is 12.6. The number of carbonyl (C=O) groups excluding carboxylic acids is 1. The van der Waals surface area contributed by atoms with Crippen molar-refractivity contribution in [1.29, 1.82) is 0 Å². The third-order valence-electron chi connectivity index (χ3n) is 5.68. The average Bonchev–Trinajstić information content (AvgIpc) is 3.10. The molecule has 0 saturated carbocycles. The molecule has 1 N–H and O–H groups in total. The predicted octanol–water partition coefficient (Wildman–Crippen LogP) is 6.21. The minimum atomic E-state index is -0.0287. The van der Waals surface area contributed by atoms with Gasteiger partial charge >= 0.3 is 0 Å².